The maximum atomic E-state index is 11.4. The van der Waals surface area contributed by atoms with Gasteiger partial charge in [-0.15, -0.1) is 0 Å². The van der Waals surface area contributed by atoms with Gasteiger partial charge in [-0.2, -0.15) is 0 Å². The SMILES string of the molecule is O=C1CCC2=Cc3ccccc3NC2C1. The highest BCUT2D eigenvalue weighted by molar-refractivity contribution is 5.85. The number of anilines is 1. The van der Waals surface area contributed by atoms with Crippen LogP contribution in [0.1, 0.15) is 24.8 Å². The topological polar surface area (TPSA) is 29.1 Å². The maximum absolute atomic E-state index is 11.4. The van der Waals surface area contributed by atoms with Crippen molar-refractivity contribution < 1.29 is 4.79 Å². The molecule has 15 heavy (non-hydrogen) atoms. The summed E-state index contributed by atoms with van der Waals surface area (Å²) in [6.07, 6.45) is 4.53. The Labute approximate surface area is 89.0 Å². The molecule has 1 atom stereocenters. The standard InChI is InChI=1S/C13H13NO/c15-11-6-5-10-7-9-3-1-2-4-12(9)14-13(10)8-11/h1-4,7,13-14H,5-6,8H2. The second-order valence-electron chi connectivity index (χ2n) is 4.25. The van der Waals surface area contributed by atoms with Crippen LogP contribution in [0.5, 0.6) is 0 Å². The van der Waals surface area contributed by atoms with Crippen molar-refractivity contribution in [3.8, 4) is 0 Å². The normalized spacial score (nSPS) is 23.6. The molecule has 1 aromatic rings. The smallest absolute Gasteiger partial charge is 0.135 e. The van der Waals surface area contributed by atoms with Crippen LogP contribution in [0.3, 0.4) is 0 Å². The molecule has 0 amide bonds. The molecule has 1 aromatic carbocycles. The molecule has 0 saturated heterocycles. The summed E-state index contributed by atoms with van der Waals surface area (Å²) in [7, 11) is 0. The summed E-state index contributed by atoms with van der Waals surface area (Å²) in [6, 6.07) is 8.51. The van der Waals surface area contributed by atoms with Crippen molar-refractivity contribution in [2.24, 2.45) is 0 Å². The van der Waals surface area contributed by atoms with Crippen LogP contribution in [-0.2, 0) is 4.79 Å². The summed E-state index contributed by atoms with van der Waals surface area (Å²) in [5.41, 5.74) is 3.78. The molecular formula is C13H13NO. The quantitative estimate of drug-likeness (QED) is 0.696. The highest BCUT2D eigenvalue weighted by Crippen LogP contribution is 2.33. The first-order valence-electron chi connectivity index (χ1n) is 5.41. The molecule has 1 aliphatic carbocycles. The van der Waals surface area contributed by atoms with Crippen LogP contribution in [-0.4, -0.2) is 11.8 Å². The number of carbonyl (C=O) groups excluding carboxylic acids is 1. The Morgan fingerprint density at radius 3 is 3.00 bits per heavy atom. The highest BCUT2D eigenvalue weighted by Gasteiger charge is 2.26. The molecule has 1 aliphatic heterocycles. The van der Waals surface area contributed by atoms with Gasteiger partial charge in [-0.05, 0) is 23.6 Å². The van der Waals surface area contributed by atoms with Gasteiger partial charge in [-0.1, -0.05) is 24.3 Å². The highest BCUT2D eigenvalue weighted by atomic mass is 16.1. The van der Waals surface area contributed by atoms with E-state index in [2.05, 4.69) is 23.5 Å². The lowest BCUT2D eigenvalue weighted by molar-refractivity contribution is -0.119. The van der Waals surface area contributed by atoms with Crippen LogP contribution >= 0.6 is 0 Å². The van der Waals surface area contributed by atoms with E-state index in [0.717, 1.165) is 12.1 Å². The molecule has 1 fully saturated rings. The van der Waals surface area contributed by atoms with E-state index in [-0.39, 0.29) is 6.04 Å². The Balaban J connectivity index is 2.00. The van der Waals surface area contributed by atoms with E-state index in [1.165, 1.54) is 11.1 Å². The minimum Gasteiger partial charge on any atom is -0.378 e. The van der Waals surface area contributed by atoms with Gasteiger partial charge in [0.1, 0.15) is 5.78 Å². The van der Waals surface area contributed by atoms with Crippen molar-refractivity contribution >= 4 is 17.5 Å². The lowest BCUT2D eigenvalue weighted by Gasteiger charge is -2.31. The van der Waals surface area contributed by atoms with E-state index in [0.29, 0.717) is 18.6 Å². The van der Waals surface area contributed by atoms with Gasteiger partial charge in [0.05, 0.1) is 6.04 Å². The van der Waals surface area contributed by atoms with E-state index in [1.54, 1.807) is 0 Å². The van der Waals surface area contributed by atoms with Gasteiger partial charge in [0.2, 0.25) is 0 Å². The van der Waals surface area contributed by atoms with Crippen molar-refractivity contribution in [1.29, 1.82) is 0 Å². The molecule has 0 aromatic heterocycles. The van der Waals surface area contributed by atoms with E-state index < -0.39 is 0 Å². The average molecular weight is 199 g/mol. The van der Waals surface area contributed by atoms with E-state index in [4.69, 9.17) is 0 Å². The molecule has 1 saturated carbocycles. The summed E-state index contributed by atoms with van der Waals surface area (Å²) in [5.74, 6) is 0.379. The molecular weight excluding hydrogens is 186 g/mol. The second kappa shape index (κ2) is 3.23. The molecule has 2 heteroatoms. The van der Waals surface area contributed by atoms with Gasteiger partial charge in [-0.25, -0.2) is 0 Å². The fourth-order valence-corrected chi connectivity index (χ4v) is 2.38. The Morgan fingerprint density at radius 2 is 2.07 bits per heavy atom. The number of carbonyl (C=O) groups is 1. The molecule has 1 N–H and O–H groups in total. The van der Waals surface area contributed by atoms with Gasteiger partial charge in [-0.3, -0.25) is 4.79 Å². The van der Waals surface area contributed by atoms with Crippen molar-refractivity contribution in [3.63, 3.8) is 0 Å². The average Bonchev–Trinajstić information content (AvgIpc) is 2.26. The summed E-state index contributed by atoms with van der Waals surface area (Å²) < 4.78 is 0. The monoisotopic (exact) mass is 199 g/mol. The number of hydrogen-bond donors (Lipinski definition) is 1. The predicted octanol–water partition coefficient (Wildman–Crippen LogP) is 2.62. The van der Waals surface area contributed by atoms with Crippen LogP contribution < -0.4 is 5.32 Å². The number of benzene rings is 1. The predicted molar refractivity (Wildman–Crippen MR) is 60.7 cm³/mol. The van der Waals surface area contributed by atoms with Crippen LogP contribution in [0.15, 0.2) is 29.8 Å². The third-order valence-electron chi connectivity index (χ3n) is 3.20. The Kier molecular flexibility index (Phi) is 1.88. The maximum Gasteiger partial charge on any atom is 0.135 e. The van der Waals surface area contributed by atoms with Crippen molar-refractivity contribution in [2.45, 2.75) is 25.3 Å². The molecule has 0 bridgehead atoms. The Morgan fingerprint density at radius 1 is 1.20 bits per heavy atom. The summed E-state index contributed by atoms with van der Waals surface area (Å²) in [6.45, 7) is 0. The summed E-state index contributed by atoms with van der Waals surface area (Å²) in [4.78, 5) is 11.4. The van der Waals surface area contributed by atoms with Gasteiger partial charge in [0, 0.05) is 18.5 Å². The number of nitrogens with one attached hydrogen (secondary N) is 1. The minimum absolute atomic E-state index is 0.251. The van der Waals surface area contributed by atoms with E-state index in [9.17, 15) is 4.79 Å². The number of rotatable bonds is 0. The summed E-state index contributed by atoms with van der Waals surface area (Å²) >= 11 is 0. The van der Waals surface area contributed by atoms with Crippen molar-refractivity contribution in [3.05, 3.63) is 35.4 Å². The number of hydrogen-bond acceptors (Lipinski definition) is 2. The Bertz CT molecular complexity index is 448. The second-order valence-corrected chi connectivity index (χ2v) is 4.25. The lowest BCUT2D eigenvalue weighted by Crippen LogP contribution is -2.31. The first-order chi connectivity index (χ1) is 7.33. The van der Waals surface area contributed by atoms with Gasteiger partial charge in [0.15, 0.2) is 0 Å². The molecule has 1 unspecified atom stereocenters. The lowest BCUT2D eigenvalue weighted by atomic mass is 9.85. The van der Waals surface area contributed by atoms with Gasteiger partial charge in [0.25, 0.3) is 0 Å². The van der Waals surface area contributed by atoms with E-state index in [1.807, 2.05) is 12.1 Å². The molecule has 3 rings (SSSR count). The van der Waals surface area contributed by atoms with Crippen molar-refractivity contribution in [1.82, 2.24) is 0 Å². The largest absolute Gasteiger partial charge is 0.378 e. The third kappa shape index (κ3) is 1.46. The zero-order valence-electron chi connectivity index (χ0n) is 8.49. The molecule has 2 nitrogen and oxygen atoms in total. The molecule has 0 spiro atoms. The van der Waals surface area contributed by atoms with Gasteiger partial charge >= 0.3 is 0 Å². The molecule has 76 valence electrons. The zero-order valence-corrected chi connectivity index (χ0v) is 8.49. The molecule has 1 heterocycles. The van der Waals surface area contributed by atoms with Crippen molar-refractivity contribution in [2.75, 3.05) is 5.32 Å². The van der Waals surface area contributed by atoms with Gasteiger partial charge < -0.3 is 5.32 Å². The van der Waals surface area contributed by atoms with Crippen LogP contribution in [0.4, 0.5) is 5.69 Å². The summed E-state index contributed by atoms with van der Waals surface area (Å²) in [5, 5.41) is 3.44. The third-order valence-corrected chi connectivity index (χ3v) is 3.20. The minimum atomic E-state index is 0.251. The van der Waals surface area contributed by atoms with Crippen LogP contribution in [0.25, 0.3) is 6.08 Å². The number of ketones is 1. The zero-order chi connectivity index (χ0) is 10.3. The fraction of sp³-hybridized carbons (Fsp3) is 0.308. The first kappa shape index (κ1) is 8.72. The fourth-order valence-electron chi connectivity index (χ4n) is 2.38. The molecule has 2 aliphatic rings. The first-order valence-corrected chi connectivity index (χ1v) is 5.41. The van der Waals surface area contributed by atoms with Crippen LogP contribution in [0.2, 0.25) is 0 Å². The van der Waals surface area contributed by atoms with Crippen LogP contribution in [0, 0.1) is 0 Å². The van der Waals surface area contributed by atoms with E-state index >= 15 is 0 Å². The number of para-hydroxylation sites is 1. The number of Topliss-reactive ketones (excluding diaryl/α,β-unsaturated/α-hetero) is 1. The number of fused-ring (bicyclic) bond motifs is 2. The Hall–Kier alpha value is -1.57. The molecule has 0 radical (unpaired) electrons.